The molecule has 0 saturated carbocycles. The Morgan fingerprint density at radius 3 is 2.25 bits per heavy atom. The van der Waals surface area contributed by atoms with Gasteiger partial charge in [-0.3, -0.25) is 9.09 Å². The lowest BCUT2D eigenvalue weighted by atomic mass is 10.4. The molecule has 0 spiro atoms. The summed E-state index contributed by atoms with van der Waals surface area (Å²) in [5.74, 6) is 0. The van der Waals surface area contributed by atoms with Crippen molar-refractivity contribution in [2.24, 2.45) is 0 Å². The molecular weight excluding hydrogens is 244 g/mol. The SMILES string of the molecule is CC(OP(=O)(O)c1ccccc1)C(F)(F)F. The zero-order valence-corrected chi connectivity index (χ0v) is 9.20. The van der Waals surface area contributed by atoms with Crippen LogP contribution < -0.4 is 5.30 Å². The summed E-state index contributed by atoms with van der Waals surface area (Å²) in [6.07, 6.45) is -6.95. The Bertz CT molecular complexity index is 391. The van der Waals surface area contributed by atoms with Gasteiger partial charge in [0.15, 0.2) is 6.10 Å². The lowest BCUT2D eigenvalue weighted by Crippen LogP contribution is -2.29. The summed E-state index contributed by atoms with van der Waals surface area (Å²) in [4.78, 5) is 9.35. The van der Waals surface area contributed by atoms with Crippen molar-refractivity contribution in [1.29, 1.82) is 0 Å². The summed E-state index contributed by atoms with van der Waals surface area (Å²) in [5.41, 5.74) is 0. The highest BCUT2D eigenvalue weighted by molar-refractivity contribution is 7.61. The van der Waals surface area contributed by atoms with Crippen LogP contribution in [-0.2, 0) is 9.09 Å². The van der Waals surface area contributed by atoms with E-state index in [-0.39, 0.29) is 5.30 Å². The number of benzene rings is 1. The molecule has 0 aliphatic carbocycles. The summed E-state index contributed by atoms with van der Waals surface area (Å²) >= 11 is 0. The number of alkyl halides is 3. The molecular formula is C9H10F3O3P. The minimum atomic E-state index is -4.66. The lowest BCUT2D eigenvalue weighted by molar-refractivity contribution is -0.190. The first-order chi connectivity index (χ1) is 7.23. The van der Waals surface area contributed by atoms with Crippen LogP contribution >= 0.6 is 7.60 Å². The third-order valence-electron chi connectivity index (χ3n) is 1.84. The molecule has 0 heterocycles. The third-order valence-corrected chi connectivity index (χ3v) is 3.40. The van der Waals surface area contributed by atoms with Crippen molar-refractivity contribution in [2.75, 3.05) is 0 Å². The maximum atomic E-state index is 12.1. The highest BCUT2D eigenvalue weighted by Crippen LogP contribution is 2.44. The molecule has 0 fully saturated rings. The van der Waals surface area contributed by atoms with Crippen molar-refractivity contribution < 1.29 is 27.2 Å². The maximum absolute atomic E-state index is 12.1. The first kappa shape index (κ1) is 13.2. The molecule has 0 aliphatic rings. The average molecular weight is 254 g/mol. The van der Waals surface area contributed by atoms with Crippen LogP contribution in [0.4, 0.5) is 13.2 Å². The lowest BCUT2D eigenvalue weighted by Gasteiger charge is -2.20. The van der Waals surface area contributed by atoms with Gasteiger partial charge in [0, 0.05) is 0 Å². The summed E-state index contributed by atoms with van der Waals surface area (Å²) in [6, 6.07) is 6.95. The molecule has 0 aromatic heterocycles. The van der Waals surface area contributed by atoms with Crippen LogP contribution in [0, 0.1) is 0 Å². The van der Waals surface area contributed by atoms with E-state index in [0.29, 0.717) is 6.92 Å². The van der Waals surface area contributed by atoms with Crippen molar-refractivity contribution in [1.82, 2.24) is 0 Å². The highest BCUT2D eigenvalue weighted by atomic mass is 31.2. The molecule has 0 saturated heterocycles. The normalized spacial score (nSPS) is 17.8. The molecule has 2 unspecified atom stereocenters. The molecule has 0 bridgehead atoms. The molecule has 16 heavy (non-hydrogen) atoms. The fourth-order valence-corrected chi connectivity index (χ4v) is 2.17. The quantitative estimate of drug-likeness (QED) is 0.843. The van der Waals surface area contributed by atoms with Crippen LogP contribution in [0.1, 0.15) is 6.92 Å². The predicted molar refractivity (Wildman–Crippen MR) is 52.5 cm³/mol. The Balaban J connectivity index is 2.85. The monoisotopic (exact) mass is 254 g/mol. The van der Waals surface area contributed by atoms with Gasteiger partial charge < -0.3 is 4.89 Å². The molecule has 3 nitrogen and oxygen atoms in total. The van der Waals surface area contributed by atoms with Crippen LogP contribution in [0.25, 0.3) is 0 Å². The van der Waals surface area contributed by atoms with Crippen molar-refractivity contribution in [3.8, 4) is 0 Å². The molecule has 0 aliphatic heterocycles. The molecule has 1 rings (SSSR count). The van der Waals surface area contributed by atoms with E-state index >= 15 is 0 Å². The van der Waals surface area contributed by atoms with Gasteiger partial charge in [-0.2, -0.15) is 13.2 Å². The zero-order chi connectivity index (χ0) is 12.4. The number of rotatable bonds is 3. The van der Waals surface area contributed by atoms with Crippen LogP contribution in [0.5, 0.6) is 0 Å². The topological polar surface area (TPSA) is 46.5 Å². The van der Waals surface area contributed by atoms with Gasteiger partial charge >= 0.3 is 13.8 Å². The molecule has 1 aromatic rings. The van der Waals surface area contributed by atoms with Gasteiger partial charge in [-0.1, -0.05) is 18.2 Å². The fourth-order valence-electron chi connectivity index (χ4n) is 0.951. The second-order valence-corrected chi connectivity index (χ2v) is 4.91. The van der Waals surface area contributed by atoms with Gasteiger partial charge in [0.05, 0.1) is 5.30 Å². The van der Waals surface area contributed by atoms with Crippen LogP contribution in [0.2, 0.25) is 0 Å². The van der Waals surface area contributed by atoms with Crippen LogP contribution in [-0.4, -0.2) is 17.2 Å². The first-order valence-corrected chi connectivity index (χ1v) is 5.95. The maximum Gasteiger partial charge on any atom is 0.414 e. The number of halogens is 3. The van der Waals surface area contributed by atoms with E-state index in [9.17, 15) is 22.6 Å². The number of hydrogen-bond donors (Lipinski definition) is 1. The summed E-state index contributed by atoms with van der Waals surface area (Å²) < 4.78 is 52.1. The summed E-state index contributed by atoms with van der Waals surface area (Å²) in [7, 11) is -4.42. The molecule has 0 amide bonds. The highest BCUT2D eigenvalue weighted by Gasteiger charge is 2.41. The van der Waals surface area contributed by atoms with E-state index in [1.807, 2.05) is 0 Å². The minimum absolute atomic E-state index is 0.161. The minimum Gasteiger partial charge on any atom is -0.321 e. The summed E-state index contributed by atoms with van der Waals surface area (Å²) in [5, 5.41) is -0.161. The smallest absolute Gasteiger partial charge is 0.321 e. The van der Waals surface area contributed by atoms with Crippen molar-refractivity contribution in [3.63, 3.8) is 0 Å². The first-order valence-electron chi connectivity index (χ1n) is 4.37. The van der Waals surface area contributed by atoms with E-state index in [1.54, 1.807) is 6.07 Å². The van der Waals surface area contributed by atoms with E-state index in [2.05, 4.69) is 4.52 Å². The predicted octanol–water partition coefficient (Wildman–Crippen LogP) is 2.46. The van der Waals surface area contributed by atoms with Crippen molar-refractivity contribution in [2.45, 2.75) is 19.2 Å². The van der Waals surface area contributed by atoms with Crippen LogP contribution in [0.3, 0.4) is 0 Å². The second kappa shape index (κ2) is 4.57. The molecule has 7 heteroatoms. The number of hydrogen-bond acceptors (Lipinski definition) is 2. The van der Waals surface area contributed by atoms with Crippen LogP contribution in [0.15, 0.2) is 30.3 Å². The molecule has 0 radical (unpaired) electrons. The molecule has 1 N–H and O–H groups in total. The Labute approximate surface area is 90.4 Å². The Hall–Kier alpha value is -0.840. The standard InChI is InChI=1S/C9H10F3O3P/c1-7(9(10,11)12)15-16(13,14)8-5-3-2-4-6-8/h2-7H,1H3,(H,13,14). The van der Waals surface area contributed by atoms with Crippen molar-refractivity contribution in [3.05, 3.63) is 30.3 Å². The Morgan fingerprint density at radius 2 is 1.81 bits per heavy atom. The molecule has 2 atom stereocenters. The Kier molecular flexibility index (Phi) is 3.78. The Morgan fingerprint density at radius 1 is 1.31 bits per heavy atom. The van der Waals surface area contributed by atoms with E-state index in [0.717, 1.165) is 0 Å². The van der Waals surface area contributed by atoms with E-state index in [4.69, 9.17) is 0 Å². The van der Waals surface area contributed by atoms with E-state index in [1.165, 1.54) is 24.3 Å². The average Bonchev–Trinajstić information content (AvgIpc) is 2.17. The van der Waals surface area contributed by atoms with Gasteiger partial charge in [-0.15, -0.1) is 0 Å². The van der Waals surface area contributed by atoms with E-state index < -0.39 is 19.9 Å². The molecule has 1 aromatic carbocycles. The van der Waals surface area contributed by atoms with Gasteiger partial charge in [0.25, 0.3) is 0 Å². The summed E-state index contributed by atoms with van der Waals surface area (Å²) in [6.45, 7) is 0.686. The largest absolute Gasteiger partial charge is 0.414 e. The third kappa shape index (κ3) is 3.33. The fraction of sp³-hybridized carbons (Fsp3) is 0.333. The zero-order valence-electron chi connectivity index (χ0n) is 8.31. The second-order valence-electron chi connectivity index (χ2n) is 3.15. The molecule has 90 valence electrons. The van der Waals surface area contributed by atoms with Crippen molar-refractivity contribution >= 4 is 12.9 Å². The van der Waals surface area contributed by atoms with Gasteiger partial charge in [0.2, 0.25) is 0 Å². The van der Waals surface area contributed by atoms with Gasteiger partial charge in [0.1, 0.15) is 0 Å². The van der Waals surface area contributed by atoms with Gasteiger partial charge in [-0.25, -0.2) is 0 Å². The van der Waals surface area contributed by atoms with Gasteiger partial charge in [-0.05, 0) is 19.1 Å².